The molecule has 7 rings (SSSR count). The predicted molar refractivity (Wildman–Crippen MR) is 186 cm³/mol. The molecule has 21 atom stereocenters. The lowest BCUT2D eigenvalue weighted by Crippen LogP contribution is -2.65. The summed E-state index contributed by atoms with van der Waals surface area (Å²) in [5.74, 6) is -0.591. The third-order valence-electron chi connectivity index (χ3n) is 15.0. The summed E-state index contributed by atoms with van der Waals surface area (Å²) in [6.07, 6.45) is -17.8. The second kappa shape index (κ2) is 15.6. The first-order valence-electron chi connectivity index (χ1n) is 19.9. The van der Waals surface area contributed by atoms with Crippen LogP contribution in [0.5, 0.6) is 0 Å². The number of esters is 1. The molecule has 11 N–H and O–H groups in total. The molecule has 2 bridgehead atoms. The summed E-state index contributed by atoms with van der Waals surface area (Å²) in [5.41, 5.74) is -1.80. The van der Waals surface area contributed by atoms with Crippen LogP contribution >= 0.6 is 0 Å². The van der Waals surface area contributed by atoms with Crippen molar-refractivity contribution in [3.8, 4) is 0 Å². The van der Waals surface area contributed by atoms with Gasteiger partial charge in [-0.3, -0.25) is 4.79 Å². The largest absolute Gasteiger partial charge is 0.432 e. The van der Waals surface area contributed by atoms with E-state index >= 15 is 0 Å². The molecule has 18 heteroatoms. The fourth-order valence-electron chi connectivity index (χ4n) is 12.0. The molecule has 320 valence electrons. The Balaban J connectivity index is 1.10. The molecule has 3 saturated heterocycles. The highest BCUT2D eigenvalue weighted by molar-refractivity contribution is 5.77. The Kier molecular flexibility index (Phi) is 11.9. The van der Waals surface area contributed by atoms with Crippen LogP contribution in [0, 0.1) is 28.1 Å². The van der Waals surface area contributed by atoms with Gasteiger partial charge in [-0.05, 0) is 86.5 Å². The van der Waals surface area contributed by atoms with Crippen LogP contribution in [0.25, 0.3) is 0 Å². The molecule has 18 nitrogen and oxygen atoms in total. The van der Waals surface area contributed by atoms with E-state index in [1.807, 2.05) is 6.92 Å². The van der Waals surface area contributed by atoms with E-state index in [0.717, 1.165) is 18.4 Å². The number of rotatable bonds is 9. The highest BCUT2D eigenvalue weighted by Crippen LogP contribution is 2.73. The van der Waals surface area contributed by atoms with Crippen LogP contribution in [-0.4, -0.2) is 180 Å². The summed E-state index contributed by atoms with van der Waals surface area (Å²) in [6, 6.07) is 0. The van der Waals surface area contributed by atoms with Crippen LogP contribution in [0.1, 0.15) is 71.6 Å². The average Bonchev–Trinajstić information content (AvgIpc) is 3.37. The van der Waals surface area contributed by atoms with E-state index in [4.69, 9.17) is 28.4 Å². The Bertz CT molecular complexity index is 1450. The van der Waals surface area contributed by atoms with Gasteiger partial charge in [-0.25, -0.2) is 0 Å². The Morgan fingerprint density at radius 1 is 0.679 bits per heavy atom. The first kappa shape index (κ1) is 42.7. The number of aliphatic hydroxyl groups excluding tert-OH is 11. The Morgan fingerprint density at radius 2 is 1.21 bits per heavy atom. The molecule has 0 amide bonds. The van der Waals surface area contributed by atoms with Crippen molar-refractivity contribution in [3.05, 3.63) is 12.2 Å². The maximum atomic E-state index is 14.1. The van der Waals surface area contributed by atoms with Crippen molar-refractivity contribution < 1.29 is 89.4 Å². The molecular formula is C38H60O18. The molecule has 0 radical (unpaired) electrons. The van der Waals surface area contributed by atoms with Crippen molar-refractivity contribution in [1.82, 2.24) is 0 Å². The molecule has 2 unspecified atom stereocenters. The zero-order valence-electron chi connectivity index (χ0n) is 31.8. The van der Waals surface area contributed by atoms with Crippen molar-refractivity contribution >= 4 is 5.97 Å². The number of carbonyl (C=O) groups is 1. The minimum absolute atomic E-state index is 0.121. The molecule has 3 heterocycles. The number of ether oxygens (including phenoxy) is 6. The summed E-state index contributed by atoms with van der Waals surface area (Å²) in [6.45, 7) is 6.52. The molecule has 0 aromatic heterocycles. The molecule has 0 aromatic carbocycles. The van der Waals surface area contributed by atoms with E-state index in [-0.39, 0.29) is 22.7 Å². The minimum atomic E-state index is -1.81. The average molecular weight is 805 g/mol. The van der Waals surface area contributed by atoms with Gasteiger partial charge in [-0.1, -0.05) is 19.9 Å². The highest BCUT2D eigenvalue weighted by atomic mass is 16.8. The van der Waals surface area contributed by atoms with Crippen LogP contribution in [0.4, 0.5) is 0 Å². The Labute approximate surface area is 324 Å². The summed E-state index contributed by atoms with van der Waals surface area (Å²) in [5, 5.41) is 114. The van der Waals surface area contributed by atoms with Gasteiger partial charge in [0.05, 0.1) is 30.8 Å². The van der Waals surface area contributed by atoms with Crippen molar-refractivity contribution in [1.29, 1.82) is 0 Å². The lowest BCUT2D eigenvalue weighted by Gasteiger charge is -2.64. The van der Waals surface area contributed by atoms with Crippen LogP contribution < -0.4 is 0 Å². The SMILES string of the molecule is C=C1C[C@@]23CCC4[C@@](C)(CCC[C@@]4(C)C(=O)O[C@@H]4O[C@H](CO)[C@@H](O)[C@H](O)[C@H]4O)C2CC[C@@]1(O[C@H]1O[C@H](CO)[C@@H](O)[C@H](O)[C@H]1O[C@@H]1O[C@H](CO)[C@@H](O)[C@H](O)[C@H]1O)C3. The van der Waals surface area contributed by atoms with E-state index in [9.17, 15) is 61.0 Å². The second-order valence-electron chi connectivity index (χ2n) is 18.0. The van der Waals surface area contributed by atoms with Crippen molar-refractivity contribution in [2.45, 2.75) is 169 Å². The smallest absolute Gasteiger partial charge is 0.314 e. The van der Waals surface area contributed by atoms with Crippen LogP contribution in [0.2, 0.25) is 0 Å². The lowest BCUT2D eigenvalue weighted by molar-refractivity contribution is -0.378. The van der Waals surface area contributed by atoms with Crippen molar-refractivity contribution in [2.24, 2.45) is 28.1 Å². The highest BCUT2D eigenvalue weighted by Gasteiger charge is 2.69. The lowest BCUT2D eigenvalue weighted by atomic mass is 9.41. The number of fused-ring (bicyclic) bond motifs is 3. The number of carbonyl (C=O) groups excluding carboxylic acids is 1. The molecule has 7 fully saturated rings. The van der Waals surface area contributed by atoms with Gasteiger partial charge in [0.2, 0.25) is 6.29 Å². The van der Waals surface area contributed by atoms with Gasteiger partial charge in [0.15, 0.2) is 12.6 Å². The minimum Gasteiger partial charge on any atom is -0.432 e. The molecule has 1 spiro atoms. The molecule has 7 aliphatic rings. The fourth-order valence-corrected chi connectivity index (χ4v) is 12.0. The monoisotopic (exact) mass is 804 g/mol. The summed E-state index contributed by atoms with van der Waals surface area (Å²) in [4.78, 5) is 14.1. The number of aliphatic hydroxyl groups is 11. The van der Waals surface area contributed by atoms with Crippen molar-refractivity contribution in [2.75, 3.05) is 19.8 Å². The van der Waals surface area contributed by atoms with Gasteiger partial charge < -0.3 is 84.6 Å². The van der Waals surface area contributed by atoms with Gasteiger partial charge in [-0.2, -0.15) is 0 Å². The van der Waals surface area contributed by atoms with Gasteiger partial charge >= 0.3 is 5.97 Å². The first-order valence-corrected chi connectivity index (χ1v) is 19.9. The summed E-state index contributed by atoms with van der Waals surface area (Å²) < 4.78 is 35.6. The zero-order valence-corrected chi connectivity index (χ0v) is 31.8. The van der Waals surface area contributed by atoms with E-state index in [1.165, 1.54) is 0 Å². The Hall–Kier alpha value is -1.43. The molecule has 56 heavy (non-hydrogen) atoms. The third-order valence-corrected chi connectivity index (χ3v) is 15.0. The van der Waals surface area contributed by atoms with Gasteiger partial charge in [0.1, 0.15) is 73.2 Å². The molecule has 3 aliphatic heterocycles. The number of hydrogen-bond acceptors (Lipinski definition) is 18. The molecule has 4 aliphatic carbocycles. The fraction of sp³-hybridized carbons (Fsp3) is 0.921. The standard InChI is InChI=1S/C38H60O18/c1-16-11-37-9-5-20-35(2,7-4-8-36(20,3)34(50)55-32-29(49)26(46)23(43)18(13-40)52-32)21(37)6-10-38(16,15-37)56-33-30(27(47)24(44)19(14-41)53-33)54-31-28(48)25(45)22(42)17(12-39)51-31/h17-33,39-49H,1,4-15H2,2-3H3/t17-,18-,19-,20?,21?,22-,23-,24-,25+,26+,27+,28-,29-,30-,31+,32+,33-,35-,36-,37-,38-/m1/s1. The van der Waals surface area contributed by atoms with Crippen LogP contribution in [0.3, 0.4) is 0 Å². The zero-order chi connectivity index (χ0) is 40.7. The predicted octanol–water partition coefficient (Wildman–Crippen LogP) is -2.94. The van der Waals surface area contributed by atoms with E-state index in [0.29, 0.717) is 44.9 Å². The maximum Gasteiger partial charge on any atom is 0.314 e. The molecule has 4 saturated carbocycles. The third kappa shape index (κ3) is 6.69. The summed E-state index contributed by atoms with van der Waals surface area (Å²) in [7, 11) is 0. The van der Waals surface area contributed by atoms with E-state index < -0.39 is 129 Å². The van der Waals surface area contributed by atoms with Gasteiger partial charge in [-0.15, -0.1) is 0 Å². The first-order chi connectivity index (χ1) is 26.4. The molecular weight excluding hydrogens is 744 g/mol. The van der Waals surface area contributed by atoms with Crippen LogP contribution in [0.15, 0.2) is 12.2 Å². The summed E-state index contributed by atoms with van der Waals surface area (Å²) >= 11 is 0. The maximum absolute atomic E-state index is 14.1. The molecule has 0 aromatic rings. The van der Waals surface area contributed by atoms with Crippen molar-refractivity contribution in [3.63, 3.8) is 0 Å². The number of hydrogen-bond donors (Lipinski definition) is 11. The second-order valence-corrected chi connectivity index (χ2v) is 18.0. The normalized spacial score (nSPS) is 54.6. The topological polar surface area (TPSA) is 295 Å². The van der Waals surface area contributed by atoms with E-state index in [2.05, 4.69) is 13.5 Å². The Morgan fingerprint density at radius 3 is 1.82 bits per heavy atom. The van der Waals surface area contributed by atoms with Crippen LogP contribution in [-0.2, 0) is 33.2 Å². The quantitative estimate of drug-likeness (QED) is 0.0631. The van der Waals surface area contributed by atoms with Gasteiger partial charge in [0.25, 0.3) is 0 Å². The van der Waals surface area contributed by atoms with E-state index in [1.54, 1.807) is 0 Å². The van der Waals surface area contributed by atoms with Gasteiger partial charge in [0, 0.05) is 0 Å².